The van der Waals surface area contributed by atoms with E-state index in [9.17, 15) is 23.7 Å². The molecule has 0 fully saturated rings. The lowest BCUT2D eigenvalue weighted by molar-refractivity contribution is -0.387. The Morgan fingerprint density at radius 1 is 1.38 bits per heavy atom. The van der Waals surface area contributed by atoms with Crippen LogP contribution in [0.3, 0.4) is 0 Å². The molecule has 1 atom stereocenters. The molecule has 116 valence electrons. The molecule has 0 aliphatic carbocycles. The van der Waals surface area contributed by atoms with Crippen molar-refractivity contribution >= 4 is 11.6 Å². The van der Waals surface area contributed by atoms with Crippen LogP contribution in [0.5, 0.6) is 0 Å². The number of carbonyl (C=O) groups excluding carboxylic acids is 1. The smallest absolute Gasteiger partial charge is 0.305 e. The highest BCUT2D eigenvalue weighted by molar-refractivity contribution is 5.81. The molecule has 0 saturated carbocycles. The predicted molar refractivity (Wildman–Crippen MR) is 72.6 cm³/mol. The van der Waals surface area contributed by atoms with E-state index < -0.39 is 28.3 Å². The molecule has 0 heterocycles. The Bertz CT molecular complexity index is 538. The molecular formula is C13H17F2N3O3. The summed E-state index contributed by atoms with van der Waals surface area (Å²) in [7, 11) is 0. The average Bonchev–Trinajstić information content (AvgIpc) is 2.42. The number of amides is 1. The van der Waals surface area contributed by atoms with Gasteiger partial charge in [-0.1, -0.05) is 6.92 Å². The number of nitro groups is 1. The molecule has 1 rings (SSSR count). The van der Waals surface area contributed by atoms with Crippen molar-refractivity contribution in [3.63, 3.8) is 0 Å². The molecule has 0 saturated heterocycles. The van der Waals surface area contributed by atoms with Gasteiger partial charge in [0.15, 0.2) is 0 Å². The van der Waals surface area contributed by atoms with Gasteiger partial charge in [-0.25, -0.2) is 4.39 Å². The molecule has 1 unspecified atom stereocenters. The normalized spacial score (nSPS) is 12.0. The zero-order chi connectivity index (χ0) is 16.0. The molecule has 0 aliphatic heterocycles. The number of nitro benzene ring substituents is 1. The first-order valence-electron chi connectivity index (χ1n) is 6.50. The van der Waals surface area contributed by atoms with Crippen molar-refractivity contribution in [3.05, 3.63) is 39.4 Å². The lowest BCUT2D eigenvalue weighted by Crippen LogP contribution is -2.42. The minimum atomic E-state index is -1.23. The third-order valence-corrected chi connectivity index (χ3v) is 2.85. The predicted octanol–water partition coefficient (Wildman–Crippen LogP) is 1.88. The third-order valence-electron chi connectivity index (χ3n) is 2.85. The second-order valence-electron chi connectivity index (χ2n) is 4.55. The minimum Gasteiger partial charge on any atom is -0.355 e. The highest BCUT2D eigenvalue weighted by Crippen LogP contribution is 2.21. The van der Waals surface area contributed by atoms with Gasteiger partial charge in [-0.3, -0.25) is 14.9 Å². The molecule has 8 heteroatoms. The Hall–Kier alpha value is -2.09. The number of carbonyl (C=O) groups is 1. The first kappa shape index (κ1) is 17.0. The molecule has 1 aromatic rings. The van der Waals surface area contributed by atoms with Crippen molar-refractivity contribution in [3.8, 4) is 0 Å². The number of hydrogen-bond donors (Lipinski definition) is 2. The first-order valence-corrected chi connectivity index (χ1v) is 6.50. The van der Waals surface area contributed by atoms with Crippen molar-refractivity contribution in [1.82, 2.24) is 10.6 Å². The quantitative estimate of drug-likeness (QED) is 0.595. The summed E-state index contributed by atoms with van der Waals surface area (Å²) in [6, 6.07) is 0.700. The summed E-state index contributed by atoms with van der Waals surface area (Å²) in [6.07, 6.45) is 0.789. The van der Waals surface area contributed by atoms with Gasteiger partial charge in [0.25, 0.3) is 0 Å². The Kier molecular flexibility index (Phi) is 6.16. The molecule has 6 nitrogen and oxygen atoms in total. The van der Waals surface area contributed by atoms with Crippen molar-refractivity contribution < 1.29 is 18.5 Å². The molecule has 0 aromatic heterocycles. The second-order valence-corrected chi connectivity index (χ2v) is 4.55. The number of halogens is 2. The summed E-state index contributed by atoms with van der Waals surface area (Å²) in [5.74, 6) is -2.38. The van der Waals surface area contributed by atoms with E-state index >= 15 is 0 Å². The fourth-order valence-corrected chi connectivity index (χ4v) is 1.61. The Morgan fingerprint density at radius 2 is 2.05 bits per heavy atom. The lowest BCUT2D eigenvalue weighted by atomic mass is 10.1. The molecule has 0 spiro atoms. The van der Waals surface area contributed by atoms with E-state index in [0.717, 1.165) is 12.5 Å². The fourth-order valence-electron chi connectivity index (χ4n) is 1.61. The standard InChI is InChI=1S/C13H17F2N3O3/c1-3-4-16-13(19)8(2)17-7-9-5-12(18(20)21)11(15)6-10(9)14/h5-6,8,17H,3-4,7H2,1-2H3,(H,16,19). The maximum absolute atomic E-state index is 13.5. The van der Waals surface area contributed by atoms with Gasteiger partial charge in [-0.15, -0.1) is 0 Å². The zero-order valence-corrected chi connectivity index (χ0v) is 11.8. The number of benzene rings is 1. The van der Waals surface area contributed by atoms with Crippen molar-refractivity contribution in [2.45, 2.75) is 32.9 Å². The van der Waals surface area contributed by atoms with E-state index in [4.69, 9.17) is 0 Å². The van der Waals surface area contributed by atoms with E-state index in [1.54, 1.807) is 6.92 Å². The van der Waals surface area contributed by atoms with Crippen LogP contribution in [0.25, 0.3) is 0 Å². The zero-order valence-electron chi connectivity index (χ0n) is 11.8. The summed E-state index contributed by atoms with van der Waals surface area (Å²) in [4.78, 5) is 21.3. The summed E-state index contributed by atoms with van der Waals surface area (Å²) in [5.41, 5.74) is -0.866. The van der Waals surface area contributed by atoms with Crippen LogP contribution < -0.4 is 10.6 Å². The van der Waals surface area contributed by atoms with E-state index in [0.29, 0.717) is 12.6 Å². The van der Waals surface area contributed by atoms with Gasteiger partial charge in [-0.05, 0) is 13.3 Å². The minimum absolute atomic E-state index is 0.0711. The summed E-state index contributed by atoms with van der Waals surface area (Å²) < 4.78 is 26.7. The van der Waals surface area contributed by atoms with E-state index in [2.05, 4.69) is 10.6 Å². The molecule has 0 aliphatic rings. The van der Waals surface area contributed by atoms with Crippen molar-refractivity contribution in [2.24, 2.45) is 0 Å². The van der Waals surface area contributed by atoms with Gasteiger partial charge >= 0.3 is 5.69 Å². The molecule has 0 bridgehead atoms. The Morgan fingerprint density at radius 3 is 2.62 bits per heavy atom. The monoisotopic (exact) mass is 301 g/mol. The topological polar surface area (TPSA) is 84.3 Å². The van der Waals surface area contributed by atoms with Gasteiger partial charge in [-0.2, -0.15) is 4.39 Å². The SMILES string of the molecule is CCCNC(=O)C(C)NCc1cc([N+](=O)[O-])c(F)cc1F. The molecule has 1 aromatic carbocycles. The fraction of sp³-hybridized carbons (Fsp3) is 0.462. The summed E-state index contributed by atoms with van der Waals surface area (Å²) in [5, 5.41) is 16.0. The van der Waals surface area contributed by atoms with E-state index in [-0.39, 0.29) is 18.0 Å². The van der Waals surface area contributed by atoms with Crippen LogP contribution in [-0.2, 0) is 11.3 Å². The molecule has 2 N–H and O–H groups in total. The molecule has 1 amide bonds. The molecule has 0 radical (unpaired) electrons. The number of nitrogens with one attached hydrogen (secondary N) is 2. The lowest BCUT2D eigenvalue weighted by Gasteiger charge is -2.14. The van der Waals surface area contributed by atoms with Gasteiger partial charge in [0.05, 0.1) is 11.0 Å². The largest absolute Gasteiger partial charge is 0.355 e. The Balaban J connectivity index is 2.73. The van der Waals surface area contributed by atoms with Crippen LogP contribution in [0.1, 0.15) is 25.8 Å². The second kappa shape index (κ2) is 7.63. The van der Waals surface area contributed by atoms with Gasteiger partial charge in [0, 0.05) is 30.8 Å². The number of hydrogen-bond acceptors (Lipinski definition) is 4. The van der Waals surface area contributed by atoms with Gasteiger partial charge < -0.3 is 10.6 Å². The van der Waals surface area contributed by atoms with Crippen LogP contribution in [0, 0.1) is 21.7 Å². The van der Waals surface area contributed by atoms with Gasteiger partial charge in [0.2, 0.25) is 11.7 Å². The van der Waals surface area contributed by atoms with Crippen molar-refractivity contribution in [2.75, 3.05) is 6.54 Å². The summed E-state index contributed by atoms with van der Waals surface area (Å²) in [6.45, 7) is 3.90. The first-order chi connectivity index (χ1) is 9.86. The number of nitrogens with zero attached hydrogens (tertiary/aromatic N) is 1. The van der Waals surface area contributed by atoms with E-state index in [1.807, 2.05) is 6.92 Å². The van der Waals surface area contributed by atoms with Crippen molar-refractivity contribution in [1.29, 1.82) is 0 Å². The molecular weight excluding hydrogens is 284 g/mol. The van der Waals surface area contributed by atoms with E-state index in [1.165, 1.54) is 0 Å². The summed E-state index contributed by atoms with van der Waals surface area (Å²) >= 11 is 0. The van der Waals surface area contributed by atoms with Gasteiger partial charge in [0.1, 0.15) is 5.82 Å². The average molecular weight is 301 g/mol. The van der Waals surface area contributed by atoms with Crippen LogP contribution in [0.15, 0.2) is 12.1 Å². The number of rotatable bonds is 7. The molecule has 21 heavy (non-hydrogen) atoms. The van der Waals surface area contributed by atoms with Crippen LogP contribution in [0.4, 0.5) is 14.5 Å². The van der Waals surface area contributed by atoms with Crippen LogP contribution in [-0.4, -0.2) is 23.4 Å². The Labute approximate surface area is 120 Å². The van der Waals surface area contributed by atoms with Crippen LogP contribution >= 0.6 is 0 Å². The third kappa shape index (κ3) is 4.75. The maximum atomic E-state index is 13.5. The van der Waals surface area contributed by atoms with Crippen LogP contribution in [0.2, 0.25) is 0 Å². The maximum Gasteiger partial charge on any atom is 0.305 e. The highest BCUT2D eigenvalue weighted by Gasteiger charge is 2.19. The highest BCUT2D eigenvalue weighted by atomic mass is 19.1.